The van der Waals surface area contributed by atoms with E-state index in [1.165, 1.54) is 12.8 Å². The Balaban J connectivity index is 1.46. The van der Waals surface area contributed by atoms with Crippen molar-refractivity contribution < 1.29 is 9.47 Å². The lowest BCUT2D eigenvalue weighted by Crippen LogP contribution is -2.38. The van der Waals surface area contributed by atoms with Gasteiger partial charge in [-0.3, -0.25) is 4.90 Å². The first kappa shape index (κ1) is 16.9. The Kier molecular flexibility index (Phi) is 5.67. The lowest BCUT2D eigenvalue weighted by atomic mass is 10.1. The van der Waals surface area contributed by atoms with E-state index in [4.69, 9.17) is 9.47 Å². The van der Waals surface area contributed by atoms with Gasteiger partial charge in [-0.25, -0.2) is 0 Å². The molecule has 0 spiro atoms. The third-order valence-corrected chi connectivity index (χ3v) is 4.89. The smallest absolute Gasteiger partial charge is 0.157 e. The quantitative estimate of drug-likeness (QED) is 0.754. The van der Waals surface area contributed by atoms with E-state index < -0.39 is 0 Å². The number of rotatable bonds is 6. The first-order valence-corrected chi connectivity index (χ1v) is 9.07. The van der Waals surface area contributed by atoms with Gasteiger partial charge in [-0.2, -0.15) is 0 Å². The van der Waals surface area contributed by atoms with Crippen LogP contribution in [0.2, 0.25) is 0 Å². The van der Waals surface area contributed by atoms with Crippen molar-refractivity contribution in [2.75, 3.05) is 26.3 Å². The van der Waals surface area contributed by atoms with Gasteiger partial charge in [0.1, 0.15) is 11.6 Å². The van der Waals surface area contributed by atoms with Gasteiger partial charge < -0.3 is 14.0 Å². The highest BCUT2D eigenvalue weighted by Gasteiger charge is 2.28. The van der Waals surface area contributed by atoms with Gasteiger partial charge in [-0.1, -0.05) is 13.8 Å². The standard InChI is InChI=1S/C17H30N4O2/c1-13(2)16-18-19-17-14(3)20(9-10-21(16)17)8-6-12-23-15-7-4-5-11-22-15/h13-15H,4-12H2,1-3H3. The van der Waals surface area contributed by atoms with Crippen molar-refractivity contribution in [3.8, 4) is 0 Å². The first-order valence-electron chi connectivity index (χ1n) is 9.07. The molecule has 6 nitrogen and oxygen atoms in total. The normalized spacial score (nSPS) is 25.7. The minimum Gasteiger partial charge on any atom is -0.353 e. The van der Waals surface area contributed by atoms with Crippen LogP contribution >= 0.6 is 0 Å². The molecule has 6 heteroatoms. The van der Waals surface area contributed by atoms with Crippen LogP contribution in [0.25, 0.3) is 0 Å². The van der Waals surface area contributed by atoms with Crippen molar-refractivity contribution in [1.82, 2.24) is 19.7 Å². The zero-order valence-electron chi connectivity index (χ0n) is 14.7. The molecule has 0 bridgehead atoms. The van der Waals surface area contributed by atoms with Gasteiger partial charge in [0.25, 0.3) is 0 Å². The number of fused-ring (bicyclic) bond motifs is 1. The van der Waals surface area contributed by atoms with E-state index in [-0.39, 0.29) is 6.29 Å². The van der Waals surface area contributed by atoms with Gasteiger partial charge >= 0.3 is 0 Å². The molecule has 130 valence electrons. The molecule has 0 saturated carbocycles. The van der Waals surface area contributed by atoms with E-state index in [1.54, 1.807) is 0 Å². The van der Waals surface area contributed by atoms with Crippen molar-refractivity contribution >= 4 is 0 Å². The molecule has 1 aromatic heterocycles. The molecule has 3 heterocycles. The summed E-state index contributed by atoms with van der Waals surface area (Å²) >= 11 is 0. The molecule has 2 atom stereocenters. The maximum absolute atomic E-state index is 5.83. The summed E-state index contributed by atoms with van der Waals surface area (Å²) in [6, 6.07) is 0.328. The second-order valence-corrected chi connectivity index (χ2v) is 6.96. The zero-order chi connectivity index (χ0) is 16.2. The monoisotopic (exact) mass is 322 g/mol. The van der Waals surface area contributed by atoms with Crippen LogP contribution in [0.1, 0.15) is 70.1 Å². The SMILES string of the molecule is CC(C)c1nnc2n1CCN(CCCOC1CCCCO1)C2C. The van der Waals surface area contributed by atoms with Crippen molar-refractivity contribution in [3.05, 3.63) is 11.6 Å². The molecule has 2 aliphatic rings. The van der Waals surface area contributed by atoms with E-state index >= 15 is 0 Å². The molecule has 0 aromatic carbocycles. The first-order chi connectivity index (χ1) is 11.2. The van der Waals surface area contributed by atoms with Gasteiger partial charge in [0, 0.05) is 32.2 Å². The van der Waals surface area contributed by atoms with Crippen LogP contribution in [-0.2, 0) is 16.0 Å². The average molecular weight is 322 g/mol. The van der Waals surface area contributed by atoms with Gasteiger partial charge in [-0.05, 0) is 32.6 Å². The lowest BCUT2D eigenvalue weighted by molar-refractivity contribution is -0.163. The van der Waals surface area contributed by atoms with Crippen molar-refractivity contribution in [2.45, 2.75) is 71.2 Å². The van der Waals surface area contributed by atoms with Crippen molar-refractivity contribution in [1.29, 1.82) is 0 Å². The highest BCUT2D eigenvalue weighted by Crippen LogP contribution is 2.26. The summed E-state index contributed by atoms with van der Waals surface area (Å²) in [5.41, 5.74) is 0. The maximum atomic E-state index is 5.83. The minimum absolute atomic E-state index is 0.0271. The van der Waals surface area contributed by atoms with E-state index in [0.29, 0.717) is 12.0 Å². The molecular weight excluding hydrogens is 292 g/mol. The van der Waals surface area contributed by atoms with Crippen LogP contribution in [-0.4, -0.2) is 52.3 Å². The number of ether oxygens (including phenoxy) is 2. The fourth-order valence-corrected chi connectivity index (χ4v) is 3.51. The molecule has 2 unspecified atom stereocenters. The molecule has 23 heavy (non-hydrogen) atoms. The number of hydrogen-bond donors (Lipinski definition) is 0. The Labute approximate surface area is 139 Å². The van der Waals surface area contributed by atoms with Gasteiger partial charge in [0.2, 0.25) is 0 Å². The topological polar surface area (TPSA) is 52.4 Å². The summed E-state index contributed by atoms with van der Waals surface area (Å²) in [7, 11) is 0. The number of hydrogen-bond acceptors (Lipinski definition) is 5. The van der Waals surface area contributed by atoms with Gasteiger partial charge in [-0.15, -0.1) is 10.2 Å². The molecule has 2 aliphatic heterocycles. The number of nitrogens with zero attached hydrogens (tertiary/aromatic N) is 4. The summed E-state index contributed by atoms with van der Waals surface area (Å²) in [6.07, 6.45) is 4.50. The summed E-state index contributed by atoms with van der Waals surface area (Å²) in [6.45, 7) is 11.3. The molecule has 1 aromatic rings. The molecule has 3 rings (SSSR count). The molecule has 0 radical (unpaired) electrons. The van der Waals surface area contributed by atoms with Crippen LogP contribution < -0.4 is 0 Å². The largest absolute Gasteiger partial charge is 0.353 e. The maximum Gasteiger partial charge on any atom is 0.157 e. The molecule has 1 fully saturated rings. The second kappa shape index (κ2) is 7.73. The predicted octanol–water partition coefficient (Wildman–Crippen LogP) is 2.71. The summed E-state index contributed by atoms with van der Waals surface area (Å²) in [4.78, 5) is 2.49. The molecule has 0 aliphatic carbocycles. The van der Waals surface area contributed by atoms with Gasteiger partial charge in [0.15, 0.2) is 6.29 Å². The van der Waals surface area contributed by atoms with Crippen LogP contribution in [0.3, 0.4) is 0 Å². The van der Waals surface area contributed by atoms with Crippen LogP contribution in [0, 0.1) is 0 Å². The highest BCUT2D eigenvalue weighted by molar-refractivity contribution is 5.06. The minimum atomic E-state index is 0.0271. The van der Waals surface area contributed by atoms with E-state index in [1.807, 2.05) is 0 Å². The van der Waals surface area contributed by atoms with Crippen LogP contribution in [0.15, 0.2) is 0 Å². The van der Waals surface area contributed by atoms with Crippen LogP contribution in [0.5, 0.6) is 0 Å². The highest BCUT2D eigenvalue weighted by atomic mass is 16.7. The summed E-state index contributed by atoms with van der Waals surface area (Å²) in [5, 5.41) is 8.82. The zero-order valence-corrected chi connectivity index (χ0v) is 14.7. The second-order valence-electron chi connectivity index (χ2n) is 6.96. The summed E-state index contributed by atoms with van der Waals surface area (Å²) in [5.74, 6) is 2.65. The third kappa shape index (κ3) is 3.92. The van der Waals surface area contributed by atoms with E-state index in [9.17, 15) is 0 Å². The lowest BCUT2D eigenvalue weighted by Gasteiger charge is -2.34. The fraction of sp³-hybridized carbons (Fsp3) is 0.882. The van der Waals surface area contributed by atoms with Crippen molar-refractivity contribution in [2.24, 2.45) is 0 Å². The average Bonchev–Trinajstić information content (AvgIpc) is 2.99. The Hall–Kier alpha value is -0.980. The molecular formula is C17H30N4O2. The van der Waals surface area contributed by atoms with Crippen LogP contribution in [0.4, 0.5) is 0 Å². The Morgan fingerprint density at radius 1 is 1.26 bits per heavy atom. The fourth-order valence-electron chi connectivity index (χ4n) is 3.51. The Bertz CT molecular complexity index is 497. The number of aromatic nitrogens is 3. The van der Waals surface area contributed by atoms with E-state index in [2.05, 4.69) is 40.4 Å². The van der Waals surface area contributed by atoms with E-state index in [0.717, 1.165) is 57.3 Å². The van der Waals surface area contributed by atoms with Crippen molar-refractivity contribution in [3.63, 3.8) is 0 Å². The Morgan fingerprint density at radius 2 is 2.13 bits per heavy atom. The predicted molar refractivity (Wildman–Crippen MR) is 88.3 cm³/mol. The Morgan fingerprint density at radius 3 is 2.87 bits per heavy atom. The molecule has 0 amide bonds. The summed E-state index contributed by atoms with van der Waals surface area (Å²) < 4.78 is 13.7. The van der Waals surface area contributed by atoms with Gasteiger partial charge in [0.05, 0.1) is 12.6 Å². The molecule has 0 N–H and O–H groups in total. The third-order valence-electron chi connectivity index (χ3n) is 4.89. The molecule has 1 saturated heterocycles.